The Labute approximate surface area is 122 Å². The fraction of sp³-hybridized carbons (Fsp3) is 0.357. The average molecular weight is 291 g/mol. The average Bonchev–Trinajstić information content (AvgIpc) is 2.92. The predicted molar refractivity (Wildman–Crippen MR) is 77.3 cm³/mol. The van der Waals surface area contributed by atoms with Crippen LogP contribution in [0.5, 0.6) is 0 Å². The first-order chi connectivity index (χ1) is 10.0. The van der Waals surface area contributed by atoms with Crippen molar-refractivity contribution >= 4 is 11.6 Å². The van der Waals surface area contributed by atoms with E-state index in [-0.39, 0.29) is 24.3 Å². The highest BCUT2D eigenvalue weighted by atomic mass is 19.1. The fourth-order valence-corrected chi connectivity index (χ4v) is 1.90. The molecule has 0 fully saturated rings. The van der Waals surface area contributed by atoms with E-state index in [1.165, 1.54) is 18.5 Å². The minimum atomic E-state index is -0.315. The molecule has 6 nitrogen and oxygen atoms in total. The number of benzene rings is 1. The number of carbonyl (C=O) groups is 1. The molecule has 1 heterocycles. The topological polar surface area (TPSA) is 71.8 Å². The standard InChI is InChI=1S/C14H18FN5O/c1-10-5-12(15)3-4-13(10)19-14(21)6-17-11(2)7-20-9-16-8-18-20/h3-5,8-9,11,17H,6-7H2,1-2H3,(H,19,21). The van der Waals surface area contributed by atoms with E-state index in [1.807, 2.05) is 6.92 Å². The van der Waals surface area contributed by atoms with Gasteiger partial charge in [-0.25, -0.2) is 9.37 Å². The summed E-state index contributed by atoms with van der Waals surface area (Å²) >= 11 is 0. The number of aryl methyl sites for hydroxylation is 1. The van der Waals surface area contributed by atoms with E-state index in [0.717, 1.165) is 0 Å². The number of rotatable bonds is 6. The first-order valence-electron chi connectivity index (χ1n) is 6.66. The van der Waals surface area contributed by atoms with E-state index in [2.05, 4.69) is 20.7 Å². The second-order valence-corrected chi connectivity index (χ2v) is 4.91. The third-order valence-electron chi connectivity index (χ3n) is 3.00. The Kier molecular flexibility index (Phi) is 4.99. The molecule has 2 aromatic rings. The molecular weight excluding hydrogens is 273 g/mol. The lowest BCUT2D eigenvalue weighted by molar-refractivity contribution is -0.115. The highest BCUT2D eigenvalue weighted by molar-refractivity contribution is 5.92. The van der Waals surface area contributed by atoms with Crippen LogP contribution in [-0.2, 0) is 11.3 Å². The summed E-state index contributed by atoms with van der Waals surface area (Å²) in [5, 5.41) is 9.85. The van der Waals surface area contributed by atoms with Crippen LogP contribution in [0.2, 0.25) is 0 Å². The molecule has 112 valence electrons. The molecule has 0 aliphatic heterocycles. The largest absolute Gasteiger partial charge is 0.325 e. The Morgan fingerprint density at radius 1 is 1.48 bits per heavy atom. The third kappa shape index (κ3) is 4.64. The summed E-state index contributed by atoms with van der Waals surface area (Å²) in [5.41, 5.74) is 1.31. The van der Waals surface area contributed by atoms with Crippen LogP contribution in [0.15, 0.2) is 30.9 Å². The Bertz CT molecular complexity index is 599. The second kappa shape index (κ2) is 6.94. The van der Waals surface area contributed by atoms with Crippen molar-refractivity contribution in [1.29, 1.82) is 0 Å². The van der Waals surface area contributed by atoms with Crippen molar-refractivity contribution in [2.24, 2.45) is 0 Å². The highest BCUT2D eigenvalue weighted by Gasteiger charge is 2.08. The number of aromatic nitrogens is 3. The van der Waals surface area contributed by atoms with Gasteiger partial charge in [-0.1, -0.05) is 0 Å². The zero-order chi connectivity index (χ0) is 15.2. The molecule has 21 heavy (non-hydrogen) atoms. The van der Waals surface area contributed by atoms with E-state index in [1.54, 1.807) is 24.0 Å². The molecular formula is C14H18FN5O. The Morgan fingerprint density at radius 2 is 2.29 bits per heavy atom. The van der Waals surface area contributed by atoms with E-state index in [9.17, 15) is 9.18 Å². The van der Waals surface area contributed by atoms with Gasteiger partial charge in [-0.2, -0.15) is 5.10 Å². The van der Waals surface area contributed by atoms with Crippen LogP contribution in [0.4, 0.5) is 10.1 Å². The number of halogens is 1. The molecule has 0 spiro atoms. The monoisotopic (exact) mass is 291 g/mol. The van der Waals surface area contributed by atoms with Crippen LogP contribution >= 0.6 is 0 Å². The molecule has 1 amide bonds. The third-order valence-corrected chi connectivity index (χ3v) is 3.00. The molecule has 0 saturated carbocycles. The summed E-state index contributed by atoms with van der Waals surface area (Å²) in [6.45, 7) is 4.51. The van der Waals surface area contributed by atoms with Crippen LogP contribution < -0.4 is 10.6 Å². The number of carbonyl (C=O) groups excluding carboxylic acids is 1. The molecule has 0 saturated heterocycles. The summed E-state index contributed by atoms with van der Waals surface area (Å²) in [6.07, 6.45) is 3.09. The van der Waals surface area contributed by atoms with Crippen molar-refractivity contribution in [2.75, 3.05) is 11.9 Å². The smallest absolute Gasteiger partial charge is 0.238 e. The van der Waals surface area contributed by atoms with Gasteiger partial charge >= 0.3 is 0 Å². The van der Waals surface area contributed by atoms with Crippen molar-refractivity contribution in [1.82, 2.24) is 20.1 Å². The molecule has 1 aromatic carbocycles. The lowest BCUT2D eigenvalue weighted by Crippen LogP contribution is -2.37. The molecule has 0 radical (unpaired) electrons. The first kappa shape index (κ1) is 15.1. The predicted octanol–water partition coefficient (Wildman–Crippen LogP) is 1.34. The molecule has 2 N–H and O–H groups in total. The molecule has 0 aliphatic rings. The molecule has 0 aliphatic carbocycles. The van der Waals surface area contributed by atoms with Gasteiger partial charge in [-0.05, 0) is 37.6 Å². The van der Waals surface area contributed by atoms with Crippen molar-refractivity contribution in [2.45, 2.75) is 26.4 Å². The van der Waals surface area contributed by atoms with Gasteiger partial charge < -0.3 is 10.6 Å². The number of hydrogen-bond acceptors (Lipinski definition) is 4. The van der Waals surface area contributed by atoms with Gasteiger partial charge in [0.15, 0.2) is 0 Å². The zero-order valence-corrected chi connectivity index (χ0v) is 12.0. The fourth-order valence-electron chi connectivity index (χ4n) is 1.90. The molecule has 0 bridgehead atoms. The van der Waals surface area contributed by atoms with Crippen LogP contribution in [0, 0.1) is 12.7 Å². The van der Waals surface area contributed by atoms with Crippen molar-refractivity contribution < 1.29 is 9.18 Å². The normalized spacial score (nSPS) is 12.1. The van der Waals surface area contributed by atoms with Gasteiger partial charge in [-0.3, -0.25) is 9.48 Å². The summed E-state index contributed by atoms with van der Waals surface area (Å²) in [5.74, 6) is -0.486. The Hall–Kier alpha value is -2.28. The van der Waals surface area contributed by atoms with Gasteiger partial charge in [0.25, 0.3) is 0 Å². The van der Waals surface area contributed by atoms with Gasteiger partial charge in [0, 0.05) is 11.7 Å². The quantitative estimate of drug-likeness (QED) is 0.842. The van der Waals surface area contributed by atoms with Crippen LogP contribution in [0.3, 0.4) is 0 Å². The first-order valence-corrected chi connectivity index (χ1v) is 6.66. The van der Waals surface area contributed by atoms with E-state index in [0.29, 0.717) is 17.8 Å². The van der Waals surface area contributed by atoms with E-state index < -0.39 is 0 Å². The minimum absolute atomic E-state index is 0.0757. The highest BCUT2D eigenvalue weighted by Crippen LogP contribution is 2.15. The lowest BCUT2D eigenvalue weighted by Gasteiger charge is -2.14. The minimum Gasteiger partial charge on any atom is -0.325 e. The van der Waals surface area contributed by atoms with Gasteiger partial charge in [0.05, 0.1) is 13.1 Å². The summed E-state index contributed by atoms with van der Waals surface area (Å²) in [6, 6.07) is 4.34. The summed E-state index contributed by atoms with van der Waals surface area (Å²) in [4.78, 5) is 15.7. The lowest BCUT2D eigenvalue weighted by atomic mass is 10.2. The number of hydrogen-bond donors (Lipinski definition) is 2. The van der Waals surface area contributed by atoms with Crippen molar-refractivity contribution in [3.05, 3.63) is 42.2 Å². The van der Waals surface area contributed by atoms with Gasteiger partial charge in [0.1, 0.15) is 18.5 Å². The zero-order valence-electron chi connectivity index (χ0n) is 12.0. The molecule has 1 aromatic heterocycles. The van der Waals surface area contributed by atoms with Crippen molar-refractivity contribution in [3.8, 4) is 0 Å². The number of nitrogens with zero attached hydrogens (tertiary/aromatic N) is 3. The summed E-state index contributed by atoms with van der Waals surface area (Å²) < 4.78 is 14.7. The maximum Gasteiger partial charge on any atom is 0.238 e. The van der Waals surface area contributed by atoms with E-state index in [4.69, 9.17) is 0 Å². The van der Waals surface area contributed by atoms with Crippen LogP contribution in [0.25, 0.3) is 0 Å². The number of anilines is 1. The maximum atomic E-state index is 13.0. The van der Waals surface area contributed by atoms with E-state index >= 15 is 0 Å². The maximum absolute atomic E-state index is 13.0. The number of amides is 1. The number of nitrogens with one attached hydrogen (secondary N) is 2. The van der Waals surface area contributed by atoms with Crippen LogP contribution in [0.1, 0.15) is 12.5 Å². The molecule has 1 unspecified atom stereocenters. The van der Waals surface area contributed by atoms with Gasteiger partial charge in [-0.15, -0.1) is 0 Å². The van der Waals surface area contributed by atoms with Gasteiger partial charge in [0.2, 0.25) is 5.91 Å². The Morgan fingerprint density at radius 3 is 2.95 bits per heavy atom. The molecule has 2 rings (SSSR count). The van der Waals surface area contributed by atoms with Crippen molar-refractivity contribution in [3.63, 3.8) is 0 Å². The summed E-state index contributed by atoms with van der Waals surface area (Å²) in [7, 11) is 0. The SMILES string of the molecule is Cc1cc(F)ccc1NC(=O)CNC(C)Cn1cncn1. The van der Waals surface area contributed by atoms with Crippen LogP contribution in [-0.4, -0.2) is 33.3 Å². The molecule has 7 heteroatoms. The molecule has 1 atom stereocenters. The Balaban J connectivity index is 1.79. The second-order valence-electron chi connectivity index (χ2n) is 4.91.